The van der Waals surface area contributed by atoms with Crippen molar-refractivity contribution < 1.29 is 0 Å². The van der Waals surface area contributed by atoms with Crippen molar-refractivity contribution in [3.63, 3.8) is 0 Å². The van der Waals surface area contributed by atoms with Crippen LogP contribution in [0.15, 0.2) is 24.3 Å². The Balaban J connectivity index is 1.65. The van der Waals surface area contributed by atoms with E-state index in [-0.39, 0.29) is 0 Å². The van der Waals surface area contributed by atoms with Crippen LogP contribution in [0.1, 0.15) is 31.2 Å². The van der Waals surface area contributed by atoms with Crippen molar-refractivity contribution in [3.05, 3.63) is 34.9 Å². The second kappa shape index (κ2) is 7.78. The number of halogens is 1. The maximum Gasteiger partial charge on any atom is 0.0450 e. The van der Waals surface area contributed by atoms with Crippen LogP contribution in [0, 0.1) is 0 Å². The number of nitrogens with one attached hydrogen (secondary N) is 1. The lowest BCUT2D eigenvalue weighted by atomic mass is 10.2. The van der Waals surface area contributed by atoms with Gasteiger partial charge in [-0.2, -0.15) is 0 Å². The summed E-state index contributed by atoms with van der Waals surface area (Å²) in [5, 5.41) is 4.35. The van der Waals surface area contributed by atoms with Crippen LogP contribution in [0.2, 0.25) is 5.02 Å². The quantitative estimate of drug-likeness (QED) is 0.823. The van der Waals surface area contributed by atoms with Gasteiger partial charge in [0.1, 0.15) is 0 Å². The van der Waals surface area contributed by atoms with Crippen LogP contribution in [-0.4, -0.2) is 31.1 Å². The molecule has 2 rings (SSSR count). The van der Waals surface area contributed by atoms with E-state index >= 15 is 0 Å². The van der Waals surface area contributed by atoms with Crippen molar-refractivity contribution >= 4 is 11.6 Å². The van der Waals surface area contributed by atoms with Crippen molar-refractivity contribution in [3.8, 4) is 0 Å². The highest BCUT2D eigenvalue weighted by Crippen LogP contribution is 2.14. The molecule has 0 spiro atoms. The summed E-state index contributed by atoms with van der Waals surface area (Å²) in [5.41, 5.74) is 1.19. The van der Waals surface area contributed by atoms with Crippen LogP contribution < -0.4 is 5.32 Å². The molecule has 0 aromatic heterocycles. The SMILES string of the molecule is Clc1ccccc1CNCCN1CCCCCC1. The summed E-state index contributed by atoms with van der Waals surface area (Å²) in [7, 11) is 0. The van der Waals surface area contributed by atoms with Crippen LogP contribution in [0.5, 0.6) is 0 Å². The molecule has 0 radical (unpaired) electrons. The fraction of sp³-hybridized carbons (Fsp3) is 0.600. The molecular formula is C15H23ClN2. The number of hydrogen-bond donors (Lipinski definition) is 1. The van der Waals surface area contributed by atoms with Crippen LogP contribution in [0.4, 0.5) is 0 Å². The van der Waals surface area contributed by atoms with Crippen molar-refractivity contribution in [2.75, 3.05) is 26.2 Å². The molecule has 1 aromatic carbocycles. The Kier molecular flexibility index (Phi) is 5.98. The molecular weight excluding hydrogens is 244 g/mol. The van der Waals surface area contributed by atoms with Gasteiger partial charge in [-0.05, 0) is 37.6 Å². The molecule has 1 aromatic rings. The third-order valence-electron chi connectivity index (χ3n) is 3.58. The third kappa shape index (κ3) is 4.60. The highest BCUT2D eigenvalue weighted by atomic mass is 35.5. The Hall–Kier alpha value is -0.570. The number of nitrogens with zero attached hydrogens (tertiary/aromatic N) is 1. The average molecular weight is 267 g/mol. The Morgan fingerprint density at radius 1 is 1.06 bits per heavy atom. The number of likely N-dealkylation sites (tertiary alicyclic amines) is 1. The third-order valence-corrected chi connectivity index (χ3v) is 3.95. The number of benzene rings is 1. The van der Waals surface area contributed by atoms with E-state index in [9.17, 15) is 0 Å². The highest BCUT2D eigenvalue weighted by Gasteiger charge is 2.07. The zero-order valence-corrected chi connectivity index (χ0v) is 11.8. The highest BCUT2D eigenvalue weighted by molar-refractivity contribution is 6.31. The minimum Gasteiger partial charge on any atom is -0.311 e. The maximum atomic E-state index is 6.12. The van der Waals surface area contributed by atoms with Gasteiger partial charge in [0.2, 0.25) is 0 Å². The fourth-order valence-corrected chi connectivity index (χ4v) is 2.66. The Bertz CT molecular complexity index is 346. The largest absolute Gasteiger partial charge is 0.311 e. The first-order chi connectivity index (χ1) is 8.86. The minimum atomic E-state index is 0.861. The van der Waals surface area contributed by atoms with E-state index in [2.05, 4.69) is 16.3 Å². The molecule has 3 heteroatoms. The molecule has 1 heterocycles. The second-order valence-corrected chi connectivity index (χ2v) is 5.43. The van der Waals surface area contributed by atoms with Gasteiger partial charge in [-0.1, -0.05) is 42.6 Å². The molecule has 0 amide bonds. The molecule has 0 atom stereocenters. The molecule has 0 aliphatic carbocycles. The molecule has 1 aliphatic rings. The van der Waals surface area contributed by atoms with Gasteiger partial charge in [0.15, 0.2) is 0 Å². The van der Waals surface area contributed by atoms with E-state index in [1.165, 1.54) is 44.3 Å². The van der Waals surface area contributed by atoms with E-state index in [1.807, 2.05) is 18.2 Å². The molecule has 0 saturated carbocycles. The van der Waals surface area contributed by atoms with Gasteiger partial charge in [-0.3, -0.25) is 0 Å². The molecule has 18 heavy (non-hydrogen) atoms. The Morgan fingerprint density at radius 2 is 1.78 bits per heavy atom. The second-order valence-electron chi connectivity index (χ2n) is 5.02. The molecule has 1 aliphatic heterocycles. The zero-order valence-electron chi connectivity index (χ0n) is 11.0. The fourth-order valence-electron chi connectivity index (χ4n) is 2.46. The van der Waals surface area contributed by atoms with Crippen LogP contribution >= 0.6 is 11.6 Å². The summed E-state index contributed by atoms with van der Waals surface area (Å²) in [6.45, 7) is 5.62. The smallest absolute Gasteiger partial charge is 0.0450 e. The Labute approximate surface area is 115 Å². The average Bonchev–Trinajstić information content (AvgIpc) is 2.65. The van der Waals surface area contributed by atoms with E-state index in [4.69, 9.17) is 11.6 Å². The first-order valence-electron chi connectivity index (χ1n) is 7.03. The topological polar surface area (TPSA) is 15.3 Å². The molecule has 1 saturated heterocycles. The lowest BCUT2D eigenvalue weighted by molar-refractivity contribution is 0.284. The van der Waals surface area contributed by atoms with Crippen molar-refractivity contribution in [1.29, 1.82) is 0 Å². The van der Waals surface area contributed by atoms with E-state index < -0.39 is 0 Å². The van der Waals surface area contributed by atoms with Crippen molar-refractivity contribution in [2.45, 2.75) is 32.2 Å². The summed E-state index contributed by atoms with van der Waals surface area (Å²) < 4.78 is 0. The molecule has 100 valence electrons. The monoisotopic (exact) mass is 266 g/mol. The van der Waals surface area contributed by atoms with Crippen LogP contribution in [0.25, 0.3) is 0 Å². The first kappa shape index (κ1) is 13.9. The molecule has 0 bridgehead atoms. The van der Waals surface area contributed by atoms with Gasteiger partial charge in [-0.25, -0.2) is 0 Å². The van der Waals surface area contributed by atoms with Crippen LogP contribution in [0.3, 0.4) is 0 Å². The van der Waals surface area contributed by atoms with E-state index in [0.29, 0.717) is 0 Å². The van der Waals surface area contributed by atoms with Gasteiger partial charge >= 0.3 is 0 Å². The normalized spacial score (nSPS) is 17.6. The zero-order chi connectivity index (χ0) is 12.6. The van der Waals surface area contributed by atoms with E-state index in [0.717, 1.165) is 24.7 Å². The molecule has 2 nitrogen and oxygen atoms in total. The summed E-state index contributed by atoms with van der Waals surface area (Å²) >= 11 is 6.12. The van der Waals surface area contributed by atoms with Crippen LogP contribution in [-0.2, 0) is 6.54 Å². The molecule has 1 N–H and O–H groups in total. The summed E-state index contributed by atoms with van der Waals surface area (Å²) in [5.74, 6) is 0. The molecule has 0 unspecified atom stereocenters. The van der Waals surface area contributed by atoms with Gasteiger partial charge in [-0.15, -0.1) is 0 Å². The predicted octanol–water partition coefficient (Wildman–Crippen LogP) is 3.31. The van der Waals surface area contributed by atoms with Gasteiger partial charge in [0.25, 0.3) is 0 Å². The first-order valence-corrected chi connectivity index (χ1v) is 7.40. The predicted molar refractivity (Wildman–Crippen MR) is 78.1 cm³/mol. The van der Waals surface area contributed by atoms with Gasteiger partial charge in [0, 0.05) is 24.7 Å². The molecule has 1 fully saturated rings. The van der Waals surface area contributed by atoms with Crippen molar-refractivity contribution in [2.24, 2.45) is 0 Å². The number of hydrogen-bond acceptors (Lipinski definition) is 2. The van der Waals surface area contributed by atoms with E-state index in [1.54, 1.807) is 0 Å². The summed E-state index contributed by atoms with van der Waals surface area (Å²) in [4.78, 5) is 2.58. The lowest BCUT2D eigenvalue weighted by Crippen LogP contribution is -2.32. The maximum absolute atomic E-state index is 6.12. The lowest BCUT2D eigenvalue weighted by Gasteiger charge is -2.19. The van der Waals surface area contributed by atoms with Gasteiger partial charge < -0.3 is 10.2 Å². The Morgan fingerprint density at radius 3 is 2.50 bits per heavy atom. The van der Waals surface area contributed by atoms with Gasteiger partial charge in [0.05, 0.1) is 0 Å². The van der Waals surface area contributed by atoms with Crippen molar-refractivity contribution in [1.82, 2.24) is 10.2 Å². The minimum absolute atomic E-state index is 0.861. The standard InChI is InChI=1S/C15H23ClN2/c16-15-8-4-3-7-14(15)13-17-9-12-18-10-5-1-2-6-11-18/h3-4,7-8,17H,1-2,5-6,9-13H2. The number of rotatable bonds is 5. The summed E-state index contributed by atoms with van der Waals surface area (Å²) in [6, 6.07) is 8.05. The summed E-state index contributed by atoms with van der Waals surface area (Å²) in [6.07, 6.45) is 5.54.